The topological polar surface area (TPSA) is 90.1 Å². The summed E-state index contributed by atoms with van der Waals surface area (Å²) in [4.78, 5) is 4.52. The van der Waals surface area contributed by atoms with Gasteiger partial charge < -0.3 is 24.6 Å². The van der Waals surface area contributed by atoms with Gasteiger partial charge in [-0.25, -0.2) is 13.9 Å². The van der Waals surface area contributed by atoms with Crippen molar-refractivity contribution in [1.82, 2.24) is 14.6 Å². The Hall–Kier alpha value is -2.30. The highest BCUT2D eigenvalue weighted by Gasteiger charge is 2.56. The molecule has 0 saturated carbocycles. The van der Waals surface area contributed by atoms with E-state index in [0.29, 0.717) is 22.6 Å². The molecule has 3 aromatic rings. The molecule has 10 heteroatoms. The number of hydrogen-bond donors (Lipinski definition) is 2. The third-order valence-electron chi connectivity index (χ3n) is 5.83. The minimum absolute atomic E-state index is 0.199. The van der Waals surface area contributed by atoms with Crippen LogP contribution in [-0.2, 0) is 14.2 Å². The second kappa shape index (κ2) is 7.93. The lowest BCUT2D eigenvalue weighted by atomic mass is 10.1. The van der Waals surface area contributed by atoms with Gasteiger partial charge in [0.25, 0.3) is 0 Å². The number of nitrogens with zero attached hydrogens (tertiary/aromatic N) is 3. The maximum atomic E-state index is 14.2. The molecule has 8 nitrogen and oxygen atoms in total. The summed E-state index contributed by atoms with van der Waals surface area (Å²) in [6.07, 6.45) is -0.291. The average Bonchev–Trinajstić information content (AvgIpc) is 3.38. The minimum atomic E-state index is -0.793. The third kappa shape index (κ3) is 3.64. The largest absolute Gasteiger partial charge is 0.394 e. The number of anilines is 1. The van der Waals surface area contributed by atoms with Crippen molar-refractivity contribution in [3.8, 4) is 0 Å². The molecule has 0 bridgehead atoms. The van der Waals surface area contributed by atoms with Crippen LogP contribution in [0, 0.1) is 5.82 Å². The molecule has 2 N–H and O–H groups in total. The van der Waals surface area contributed by atoms with Gasteiger partial charge in [-0.1, -0.05) is 29.8 Å². The number of ether oxygens (including phenoxy) is 3. The van der Waals surface area contributed by atoms with Crippen LogP contribution in [0.2, 0.25) is 5.15 Å². The number of fused-ring (bicyclic) bond motifs is 2. The number of aliphatic hydroxyl groups is 1. The first-order valence-corrected chi connectivity index (χ1v) is 10.8. The van der Waals surface area contributed by atoms with Crippen LogP contribution in [0.4, 0.5) is 10.1 Å². The first-order chi connectivity index (χ1) is 15.3. The fourth-order valence-corrected chi connectivity index (χ4v) is 4.64. The summed E-state index contributed by atoms with van der Waals surface area (Å²) >= 11 is 6.32. The zero-order valence-corrected chi connectivity index (χ0v) is 18.6. The van der Waals surface area contributed by atoms with E-state index in [1.54, 1.807) is 35.0 Å². The summed E-state index contributed by atoms with van der Waals surface area (Å²) in [6.45, 7) is 5.31. The first-order valence-electron chi connectivity index (χ1n) is 10.4. The Morgan fingerprint density at radius 2 is 2.03 bits per heavy atom. The van der Waals surface area contributed by atoms with Crippen molar-refractivity contribution in [2.24, 2.45) is 0 Å². The molecule has 0 radical (unpaired) electrons. The monoisotopic (exact) mass is 462 g/mol. The molecule has 2 aliphatic heterocycles. The number of aliphatic hydroxyl groups excluding tert-OH is 1. The van der Waals surface area contributed by atoms with E-state index in [1.807, 2.05) is 20.8 Å². The fraction of sp³-hybridized carbons (Fsp3) is 0.455. The Morgan fingerprint density at radius 1 is 1.28 bits per heavy atom. The molecule has 0 unspecified atom stereocenters. The van der Waals surface area contributed by atoms with E-state index < -0.39 is 30.2 Å². The van der Waals surface area contributed by atoms with Crippen molar-refractivity contribution in [2.45, 2.75) is 57.0 Å². The lowest BCUT2D eigenvalue weighted by Crippen LogP contribution is -2.31. The summed E-state index contributed by atoms with van der Waals surface area (Å²) in [5, 5.41) is 17.7. The Morgan fingerprint density at radius 3 is 2.78 bits per heavy atom. The average molecular weight is 463 g/mol. The quantitative estimate of drug-likeness (QED) is 0.598. The van der Waals surface area contributed by atoms with Gasteiger partial charge in [-0.3, -0.25) is 0 Å². The molecule has 32 heavy (non-hydrogen) atoms. The molecule has 4 heterocycles. The molecule has 2 aliphatic rings. The van der Waals surface area contributed by atoms with E-state index in [1.165, 1.54) is 6.07 Å². The van der Waals surface area contributed by atoms with Crippen molar-refractivity contribution in [2.75, 3.05) is 11.9 Å². The molecule has 2 aromatic heterocycles. The smallest absolute Gasteiger partial charge is 0.177 e. The second-order valence-corrected chi connectivity index (χ2v) is 8.92. The Bertz CT molecular complexity index is 1160. The summed E-state index contributed by atoms with van der Waals surface area (Å²) in [5.74, 6) is -1.09. The van der Waals surface area contributed by atoms with Crippen LogP contribution in [-0.4, -0.2) is 50.4 Å². The Kier molecular flexibility index (Phi) is 5.34. The second-order valence-electron chi connectivity index (χ2n) is 8.53. The molecule has 5 rings (SSSR count). The first kappa shape index (κ1) is 21.5. The molecule has 2 saturated heterocycles. The lowest BCUT2D eigenvalue weighted by molar-refractivity contribution is -0.191. The van der Waals surface area contributed by atoms with Crippen LogP contribution in [0.15, 0.2) is 36.5 Å². The molecule has 0 aliphatic carbocycles. The van der Waals surface area contributed by atoms with Crippen LogP contribution in [0.3, 0.4) is 0 Å². The molecular weight excluding hydrogens is 439 g/mol. The molecule has 0 amide bonds. The van der Waals surface area contributed by atoms with Gasteiger partial charge in [-0.15, -0.1) is 0 Å². The van der Waals surface area contributed by atoms with Crippen LogP contribution in [0.5, 0.6) is 0 Å². The van der Waals surface area contributed by atoms with Crippen molar-refractivity contribution in [3.63, 3.8) is 0 Å². The van der Waals surface area contributed by atoms with E-state index in [9.17, 15) is 9.50 Å². The van der Waals surface area contributed by atoms with E-state index in [2.05, 4.69) is 15.4 Å². The predicted octanol–water partition coefficient (Wildman–Crippen LogP) is 3.65. The number of rotatable bonds is 5. The number of hydrogen-bond acceptors (Lipinski definition) is 7. The molecule has 2 fully saturated rings. The molecular formula is C22H24ClFN4O4. The van der Waals surface area contributed by atoms with Crippen molar-refractivity contribution < 1.29 is 23.7 Å². The molecule has 1 aromatic carbocycles. The van der Waals surface area contributed by atoms with Gasteiger partial charge in [0, 0.05) is 11.6 Å². The SMILES string of the molecule is C[C@H](Nc1cc(Cl)nn2c([C@@H]3O[C@H](CO)[C@H]4OC(C)(C)O[C@H]43)cnc12)c1ccccc1F. The van der Waals surface area contributed by atoms with Gasteiger partial charge in [0.2, 0.25) is 0 Å². The maximum Gasteiger partial charge on any atom is 0.177 e. The summed E-state index contributed by atoms with van der Waals surface area (Å²) in [6, 6.07) is 7.90. The highest BCUT2D eigenvalue weighted by atomic mass is 35.5. The van der Waals surface area contributed by atoms with Gasteiger partial charge in [-0.05, 0) is 26.8 Å². The summed E-state index contributed by atoms with van der Waals surface area (Å²) in [7, 11) is 0. The van der Waals surface area contributed by atoms with Gasteiger partial charge in [0.05, 0.1) is 30.2 Å². The van der Waals surface area contributed by atoms with E-state index in [-0.39, 0.29) is 23.6 Å². The Labute approximate surface area is 189 Å². The molecule has 170 valence electrons. The van der Waals surface area contributed by atoms with E-state index in [0.717, 1.165) is 0 Å². The van der Waals surface area contributed by atoms with Crippen molar-refractivity contribution >= 4 is 22.9 Å². The number of nitrogens with one attached hydrogen (secondary N) is 1. The number of halogens is 2. The summed E-state index contributed by atoms with van der Waals surface area (Å²) in [5.41, 5.74) is 2.26. The number of aromatic nitrogens is 3. The van der Waals surface area contributed by atoms with Crippen LogP contribution >= 0.6 is 11.6 Å². The standard InChI is InChI=1S/C22H24ClFN4O4/c1-11(12-6-4-5-7-13(12)24)26-14-8-17(23)27-28-15(9-25-21(14)28)18-20-19(16(10-29)30-18)31-22(2,3)32-20/h4-9,11,16,18-20,26,29H,10H2,1-3H3/t11-,16+,18-,19+,20-/m0/s1. The lowest BCUT2D eigenvalue weighted by Gasteiger charge is -2.23. The minimum Gasteiger partial charge on any atom is -0.394 e. The molecule has 0 spiro atoms. The highest BCUT2D eigenvalue weighted by Crippen LogP contribution is 2.45. The third-order valence-corrected chi connectivity index (χ3v) is 6.01. The summed E-state index contributed by atoms with van der Waals surface area (Å²) < 4.78 is 33.9. The zero-order chi connectivity index (χ0) is 22.6. The highest BCUT2D eigenvalue weighted by molar-refractivity contribution is 6.29. The maximum absolute atomic E-state index is 14.2. The van der Waals surface area contributed by atoms with Crippen LogP contribution in [0.25, 0.3) is 5.65 Å². The number of imidazole rings is 1. The predicted molar refractivity (Wildman–Crippen MR) is 115 cm³/mol. The zero-order valence-electron chi connectivity index (χ0n) is 17.8. The van der Waals surface area contributed by atoms with Crippen LogP contribution in [0.1, 0.15) is 44.2 Å². The fourth-order valence-electron chi connectivity index (χ4n) is 4.46. The number of benzene rings is 1. The van der Waals surface area contributed by atoms with E-state index in [4.69, 9.17) is 25.8 Å². The van der Waals surface area contributed by atoms with Crippen molar-refractivity contribution in [1.29, 1.82) is 0 Å². The van der Waals surface area contributed by atoms with Gasteiger partial charge in [0.15, 0.2) is 16.6 Å². The van der Waals surface area contributed by atoms with Crippen LogP contribution < -0.4 is 5.32 Å². The van der Waals surface area contributed by atoms with Crippen molar-refractivity contribution in [3.05, 3.63) is 58.8 Å². The van der Waals surface area contributed by atoms with Gasteiger partial charge >= 0.3 is 0 Å². The van der Waals surface area contributed by atoms with E-state index >= 15 is 0 Å². The van der Waals surface area contributed by atoms with Gasteiger partial charge in [0.1, 0.15) is 30.2 Å². The Balaban J connectivity index is 1.51. The van der Waals surface area contributed by atoms with Gasteiger partial charge in [-0.2, -0.15) is 5.10 Å². The molecule has 5 atom stereocenters. The normalized spacial score (nSPS) is 27.6.